The van der Waals surface area contributed by atoms with Gasteiger partial charge in [-0.1, -0.05) is 67.1 Å². The highest BCUT2D eigenvalue weighted by Crippen LogP contribution is 2.44. The molecule has 34 heavy (non-hydrogen) atoms. The zero-order chi connectivity index (χ0) is 24.8. The van der Waals surface area contributed by atoms with Crippen molar-refractivity contribution < 1.29 is 42.1 Å². The number of carbonyl (C=O) groups is 2. The highest BCUT2D eigenvalue weighted by atomic mass is 19.4. The Labute approximate surface area is 195 Å². The molecule has 0 aromatic heterocycles. The Hall–Kier alpha value is -2.91. The van der Waals surface area contributed by atoms with Gasteiger partial charge in [0.25, 0.3) is 5.60 Å². The van der Waals surface area contributed by atoms with Crippen LogP contribution in [0.2, 0.25) is 0 Å². The molecule has 3 rings (SSSR count). The van der Waals surface area contributed by atoms with Gasteiger partial charge in [-0.15, -0.1) is 0 Å². The van der Waals surface area contributed by atoms with Crippen molar-refractivity contribution in [2.75, 3.05) is 7.11 Å². The average molecular weight is 480 g/mol. The Morgan fingerprint density at radius 1 is 1.03 bits per heavy atom. The van der Waals surface area contributed by atoms with Crippen LogP contribution in [-0.2, 0) is 36.0 Å². The number of carbonyl (C=O) groups excluding carboxylic acids is 2. The third kappa shape index (κ3) is 5.42. The fraction of sp³-hybridized carbons (Fsp3) is 0.440. The number of alkyl halides is 3. The van der Waals surface area contributed by atoms with Crippen LogP contribution in [0.15, 0.2) is 60.7 Å². The van der Waals surface area contributed by atoms with Gasteiger partial charge in [-0.25, -0.2) is 4.79 Å². The summed E-state index contributed by atoms with van der Waals surface area (Å²) in [4.78, 5) is 25.4. The molecule has 0 bridgehead atoms. The monoisotopic (exact) mass is 480 g/mol. The second-order valence-electron chi connectivity index (χ2n) is 8.32. The second-order valence-corrected chi connectivity index (χ2v) is 8.32. The fourth-order valence-corrected chi connectivity index (χ4v) is 4.20. The lowest BCUT2D eigenvalue weighted by Gasteiger charge is -2.41. The zero-order valence-corrected chi connectivity index (χ0v) is 18.7. The van der Waals surface area contributed by atoms with Crippen molar-refractivity contribution in [2.45, 2.75) is 62.2 Å². The Kier molecular flexibility index (Phi) is 7.99. The number of methoxy groups -OCH3 is 1. The van der Waals surface area contributed by atoms with Gasteiger partial charge in [0.1, 0.15) is 18.3 Å². The molecular formula is C25H27F3O6. The van der Waals surface area contributed by atoms with E-state index in [0.717, 1.165) is 24.8 Å². The lowest BCUT2D eigenvalue weighted by Crippen LogP contribution is -2.56. The third-order valence-electron chi connectivity index (χ3n) is 6.04. The van der Waals surface area contributed by atoms with E-state index in [4.69, 9.17) is 14.2 Å². The third-order valence-corrected chi connectivity index (χ3v) is 6.04. The van der Waals surface area contributed by atoms with Crippen LogP contribution in [0, 0.1) is 0 Å². The van der Waals surface area contributed by atoms with Gasteiger partial charge < -0.3 is 19.3 Å². The Morgan fingerprint density at radius 3 is 2.24 bits per heavy atom. The summed E-state index contributed by atoms with van der Waals surface area (Å²) in [5, 5.41) is 11.2. The van der Waals surface area contributed by atoms with E-state index in [1.54, 1.807) is 24.3 Å². The topological polar surface area (TPSA) is 82.1 Å². The number of esters is 2. The molecule has 0 heterocycles. The average Bonchev–Trinajstić information content (AvgIpc) is 2.80. The molecule has 1 aliphatic carbocycles. The summed E-state index contributed by atoms with van der Waals surface area (Å²) in [6.07, 6.45) is -5.79. The molecule has 1 saturated carbocycles. The molecule has 0 saturated heterocycles. The number of hydrogen-bond acceptors (Lipinski definition) is 6. The van der Waals surface area contributed by atoms with Gasteiger partial charge in [-0.3, -0.25) is 4.79 Å². The van der Waals surface area contributed by atoms with Crippen LogP contribution in [0.1, 0.15) is 43.2 Å². The van der Waals surface area contributed by atoms with E-state index in [1.165, 1.54) is 18.2 Å². The molecule has 6 nitrogen and oxygen atoms in total. The Balaban J connectivity index is 1.78. The maximum Gasteiger partial charge on any atom is 0.432 e. The predicted molar refractivity (Wildman–Crippen MR) is 115 cm³/mol. The molecular weight excluding hydrogens is 453 g/mol. The first-order valence-corrected chi connectivity index (χ1v) is 10.9. The molecule has 1 N–H and O–H groups in total. The van der Waals surface area contributed by atoms with E-state index >= 15 is 0 Å². The lowest BCUT2D eigenvalue weighted by molar-refractivity contribution is -0.282. The first-order valence-electron chi connectivity index (χ1n) is 10.9. The highest BCUT2D eigenvalue weighted by molar-refractivity contribution is 5.83. The van der Waals surface area contributed by atoms with Gasteiger partial charge in [-0.2, -0.15) is 13.2 Å². The number of ether oxygens (including phenoxy) is 3. The van der Waals surface area contributed by atoms with Gasteiger partial charge in [0.05, 0.1) is 6.42 Å². The Morgan fingerprint density at radius 2 is 1.65 bits per heavy atom. The quantitative estimate of drug-likeness (QED) is 0.563. The lowest BCUT2D eigenvalue weighted by atomic mass is 9.79. The SMILES string of the molecule is CO[C@](C(=O)O[C@@H]1CCCC[C@@]1(O)CC(=O)OCc1ccccc1)(c1ccccc1)C(F)(F)F. The summed E-state index contributed by atoms with van der Waals surface area (Å²) in [5.74, 6) is -2.44. The molecule has 0 aliphatic heterocycles. The maximum absolute atomic E-state index is 14.2. The molecule has 0 unspecified atom stereocenters. The molecule has 1 fully saturated rings. The van der Waals surface area contributed by atoms with Crippen molar-refractivity contribution in [2.24, 2.45) is 0 Å². The second kappa shape index (κ2) is 10.6. The molecule has 2 aromatic carbocycles. The van der Waals surface area contributed by atoms with Crippen LogP contribution in [0.25, 0.3) is 0 Å². The van der Waals surface area contributed by atoms with Crippen LogP contribution in [-0.4, -0.2) is 42.0 Å². The van der Waals surface area contributed by atoms with Crippen molar-refractivity contribution in [1.29, 1.82) is 0 Å². The first-order chi connectivity index (χ1) is 16.1. The Bertz CT molecular complexity index is 966. The summed E-state index contributed by atoms with van der Waals surface area (Å²) in [6.45, 7) is -0.0188. The van der Waals surface area contributed by atoms with Crippen molar-refractivity contribution in [1.82, 2.24) is 0 Å². The molecule has 1 aliphatic rings. The summed E-state index contributed by atoms with van der Waals surface area (Å²) < 4.78 is 57.7. The van der Waals surface area contributed by atoms with Gasteiger partial charge in [0.2, 0.25) is 0 Å². The van der Waals surface area contributed by atoms with Crippen LogP contribution < -0.4 is 0 Å². The summed E-state index contributed by atoms with van der Waals surface area (Å²) in [5.41, 5.74) is -4.94. The van der Waals surface area contributed by atoms with Gasteiger partial charge in [-0.05, 0) is 24.8 Å². The number of halogens is 3. The summed E-state index contributed by atoms with van der Waals surface area (Å²) >= 11 is 0. The first kappa shape index (κ1) is 25.7. The molecule has 0 radical (unpaired) electrons. The molecule has 3 atom stereocenters. The fourth-order valence-electron chi connectivity index (χ4n) is 4.20. The van der Waals surface area contributed by atoms with Crippen molar-refractivity contribution in [3.63, 3.8) is 0 Å². The highest BCUT2D eigenvalue weighted by Gasteiger charge is 2.65. The summed E-state index contributed by atoms with van der Waals surface area (Å²) in [6, 6.07) is 15.3. The minimum atomic E-state index is -5.14. The normalized spacial score (nSPS) is 22.4. The molecule has 184 valence electrons. The summed E-state index contributed by atoms with van der Waals surface area (Å²) in [7, 11) is 0.774. The molecule has 0 spiro atoms. The van der Waals surface area contributed by atoms with E-state index < -0.39 is 47.4 Å². The standard InChI is InChI=1S/C25H27F3O6/c1-32-24(25(26,27)28,19-12-6-3-7-13-19)22(30)34-20-14-8-9-15-23(20,31)16-21(29)33-17-18-10-4-2-5-11-18/h2-7,10-13,20,31H,8-9,14-17H2,1H3/t20-,23-,24+/m1/s1. The van der Waals surface area contributed by atoms with Crippen molar-refractivity contribution >= 4 is 11.9 Å². The van der Waals surface area contributed by atoms with Gasteiger partial charge >= 0.3 is 18.1 Å². The number of aliphatic hydroxyl groups is 1. The van der Waals surface area contributed by atoms with E-state index in [0.29, 0.717) is 12.8 Å². The number of rotatable bonds is 8. The molecule has 2 aromatic rings. The largest absolute Gasteiger partial charge is 0.461 e. The van der Waals surface area contributed by atoms with Crippen molar-refractivity contribution in [3.8, 4) is 0 Å². The minimum absolute atomic E-state index is 0.0188. The van der Waals surface area contributed by atoms with Crippen LogP contribution in [0.3, 0.4) is 0 Å². The van der Waals surface area contributed by atoms with Crippen LogP contribution >= 0.6 is 0 Å². The number of hydrogen-bond donors (Lipinski definition) is 1. The maximum atomic E-state index is 14.2. The van der Waals surface area contributed by atoms with E-state index in [-0.39, 0.29) is 19.4 Å². The number of benzene rings is 2. The zero-order valence-electron chi connectivity index (χ0n) is 18.7. The van der Waals surface area contributed by atoms with Crippen LogP contribution in [0.5, 0.6) is 0 Å². The van der Waals surface area contributed by atoms with Crippen LogP contribution in [0.4, 0.5) is 13.2 Å². The molecule has 0 amide bonds. The van der Waals surface area contributed by atoms with E-state index in [2.05, 4.69) is 0 Å². The van der Waals surface area contributed by atoms with Crippen molar-refractivity contribution in [3.05, 3.63) is 71.8 Å². The molecule has 9 heteroatoms. The smallest absolute Gasteiger partial charge is 0.432 e. The van der Waals surface area contributed by atoms with Gasteiger partial charge in [0, 0.05) is 12.7 Å². The van der Waals surface area contributed by atoms with E-state index in [1.807, 2.05) is 6.07 Å². The van der Waals surface area contributed by atoms with E-state index in [9.17, 15) is 27.9 Å². The minimum Gasteiger partial charge on any atom is -0.461 e. The predicted octanol–water partition coefficient (Wildman–Crippen LogP) is 4.44. The van der Waals surface area contributed by atoms with Gasteiger partial charge in [0.15, 0.2) is 0 Å².